The molecule has 3 aromatic rings. The van der Waals surface area contributed by atoms with Crippen LogP contribution in [0.25, 0.3) is 0 Å². The lowest BCUT2D eigenvalue weighted by Gasteiger charge is -2.45. The van der Waals surface area contributed by atoms with Crippen molar-refractivity contribution >= 4 is 11.6 Å². The molecule has 2 aliphatic rings. The summed E-state index contributed by atoms with van der Waals surface area (Å²) in [5, 5.41) is 8.96. The highest BCUT2D eigenvalue weighted by molar-refractivity contribution is 5.87. The molecule has 1 aliphatic heterocycles. The van der Waals surface area contributed by atoms with E-state index in [0.717, 1.165) is 23.3 Å². The fourth-order valence-electron chi connectivity index (χ4n) is 6.19. The Morgan fingerprint density at radius 1 is 1.00 bits per heavy atom. The molecule has 0 radical (unpaired) electrons. The van der Waals surface area contributed by atoms with Crippen LogP contribution < -0.4 is 4.74 Å². The summed E-state index contributed by atoms with van der Waals surface area (Å²) < 4.78 is 5.58. The molecule has 3 aromatic carbocycles. The first kappa shape index (κ1) is 22.4. The number of nitrogens with zero attached hydrogens (tertiary/aromatic N) is 1. The Morgan fingerprint density at radius 2 is 1.65 bits per heavy atom. The summed E-state index contributed by atoms with van der Waals surface area (Å²) in [6.45, 7) is 3.38. The summed E-state index contributed by atoms with van der Waals surface area (Å²) in [6, 6.07) is 27.5. The van der Waals surface area contributed by atoms with Crippen LogP contribution in [0.15, 0.2) is 78.9 Å². The number of hydrogen-bond acceptors (Lipinski definition) is 3. The number of likely N-dealkylation sites (tertiary alicyclic amines) is 1. The average molecular weight is 453 g/mol. The second-order valence-electron chi connectivity index (χ2n) is 9.73. The number of ketones is 1. The van der Waals surface area contributed by atoms with Crippen molar-refractivity contribution in [2.45, 2.75) is 31.6 Å². The first-order valence-corrected chi connectivity index (χ1v) is 12.1. The number of Topliss-reactive ketones (excluding diaryl/α,β-unsaturated/α-hetero) is 1. The molecule has 0 spiro atoms. The number of nitrogens with one attached hydrogen (secondary N) is 1. The van der Waals surface area contributed by atoms with Crippen LogP contribution in [0.4, 0.5) is 0 Å². The normalized spacial score (nSPS) is 21.2. The predicted octanol–water partition coefficient (Wildman–Crippen LogP) is 5.42. The lowest BCUT2D eigenvalue weighted by atomic mass is 9.56. The van der Waals surface area contributed by atoms with E-state index in [4.69, 9.17) is 10.1 Å². The van der Waals surface area contributed by atoms with Gasteiger partial charge in [-0.05, 0) is 36.1 Å². The zero-order chi connectivity index (χ0) is 23.7. The minimum absolute atomic E-state index is 0.0607. The van der Waals surface area contributed by atoms with E-state index in [1.807, 2.05) is 13.0 Å². The number of amidine groups is 1. The monoisotopic (exact) mass is 452 g/mol. The molecular formula is C30H32N2O2. The maximum Gasteiger partial charge on any atom is 0.138 e. The Morgan fingerprint density at radius 3 is 2.26 bits per heavy atom. The predicted molar refractivity (Wildman–Crippen MR) is 136 cm³/mol. The second kappa shape index (κ2) is 9.09. The van der Waals surface area contributed by atoms with Gasteiger partial charge in [0.2, 0.25) is 0 Å². The minimum atomic E-state index is -0.225. The number of aryl methyl sites for hydroxylation is 1. The third-order valence-electron chi connectivity index (χ3n) is 7.89. The summed E-state index contributed by atoms with van der Waals surface area (Å²) in [6.07, 6.45) is 1.90. The van der Waals surface area contributed by atoms with E-state index >= 15 is 0 Å². The van der Waals surface area contributed by atoms with Gasteiger partial charge in [-0.15, -0.1) is 0 Å². The lowest BCUT2D eigenvalue weighted by Crippen LogP contribution is -2.47. The van der Waals surface area contributed by atoms with Gasteiger partial charge >= 0.3 is 0 Å². The summed E-state index contributed by atoms with van der Waals surface area (Å²) in [5.74, 6) is 1.80. The molecule has 34 heavy (non-hydrogen) atoms. The smallest absolute Gasteiger partial charge is 0.138 e. The van der Waals surface area contributed by atoms with E-state index in [1.54, 1.807) is 7.11 Å². The number of carbonyl (C=O) groups excluding carboxylic acids is 1. The molecule has 1 saturated carbocycles. The Labute approximate surface area is 202 Å². The van der Waals surface area contributed by atoms with Gasteiger partial charge in [-0.1, -0.05) is 72.8 Å². The molecular weight excluding hydrogens is 420 g/mol. The van der Waals surface area contributed by atoms with E-state index in [9.17, 15) is 4.79 Å². The molecule has 1 N–H and O–H groups in total. The van der Waals surface area contributed by atoms with Crippen molar-refractivity contribution in [1.82, 2.24) is 4.90 Å². The largest absolute Gasteiger partial charge is 0.496 e. The number of rotatable bonds is 5. The molecule has 1 heterocycles. The van der Waals surface area contributed by atoms with Crippen molar-refractivity contribution in [2.24, 2.45) is 11.8 Å². The first-order chi connectivity index (χ1) is 16.5. The van der Waals surface area contributed by atoms with Crippen LogP contribution in [-0.4, -0.2) is 36.7 Å². The summed E-state index contributed by atoms with van der Waals surface area (Å²) in [7, 11) is 1.68. The van der Waals surface area contributed by atoms with Crippen LogP contribution in [-0.2, 0) is 16.6 Å². The van der Waals surface area contributed by atoms with Crippen molar-refractivity contribution in [2.75, 3.05) is 20.2 Å². The third kappa shape index (κ3) is 3.81. The van der Waals surface area contributed by atoms with Crippen molar-refractivity contribution < 1.29 is 9.53 Å². The summed E-state index contributed by atoms with van der Waals surface area (Å²) >= 11 is 0. The molecule has 174 valence electrons. The van der Waals surface area contributed by atoms with Gasteiger partial charge < -0.3 is 9.64 Å². The van der Waals surface area contributed by atoms with Gasteiger partial charge in [0.15, 0.2) is 0 Å². The van der Waals surface area contributed by atoms with Crippen molar-refractivity contribution in [3.63, 3.8) is 0 Å². The van der Waals surface area contributed by atoms with Gasteiger partial charge in [0.25, 0.3) is 0 Å². The standard InChI is InChI=1S/C30H32N2O2/c1-21-13-14-22(28(17-21)34-2)18-29(31)32-19-25-26(20-32)30(16-15-27(25)33,23-9-5-3-6-10-23)24-11-7-4-8-12-24/h3-14,17,25-26,31H,15-16,18-20H2,1-2H3/t25-,26+/m0/s1. The van der Waals surface area contributed by atoms with E-state index in [1.165, 1.54) is 11.1 Å². The van der Waals surface area contributed by atoms with Gasteiger partial charge in [0.05, 0.1) is 7.11 Å². The van der Waals surface area contributed by atoms with Gasteiger partial charge in [-0.25, -0.2) is 0 Å². The van der Waals surface area contributed by atoms with Crippen molar-refractivity contribution in [3.05, 3.63) is 101 Å². The fraction of sp³-hybridized carbons (Fsp3) is 0.333. The van der Waals surface area contributed by atoms with Gasteiger partial charge in [0, 0.05) is 48.7 Å². The molecule has 0 aromatic heterocycles. The first-order valence-electron chi connectivity index (χ1n) is 12.1. The average Bonchev–Trinajstić information content (AvgIpc) is 3.34. The zero-order valence-electron chi connectivity index (χ0n) is 20.0. The fourth-order valence-corrected chi connectivity index (χ4v) is 6.19. The van der Waals surface area contributed by atoms with E-state index in [2.05, 4.69) is 77.7 Å². The molecule has 1 saturated heterocycles. The van der Waals surface area contributed by atoms with Gasteiger partial charge in [-0.2, -0.15) is 0 Å². The molecule has 2 atom stereocenters. The summed E-state index contributed by atoms with van der Waals surface area (Å²) in [4.78, 5) is 15.3. The Hall–Kier alpha value is -3.40. The number of fused-ring (bicyclic) bond motifs is 1. The lowest BCUT2D eigenvalue weighted by molar-refractivity contribution is -0.126. The van der Waals surface area contributed by atoms with E-state index < -0.39 is 0 Å². The number of methoxy groups -OCH3 is 1. The molecule has 5 rings (SSSR count). The van der Waals surface area contributed by atoms with Crippen LogP contribution in [0.2, 0.25) is 0 Å². The quantitative estimate of drug-likeness (QED) is 0.415. The number of benzene rings is 3. The Kier molecular flexibility index (Phi) is 5.99. The molecule has 4 nitrogen and oxygen atoms in total. The van der Waals surface area contributed by atoms with Crippen LogP contribution in [0.1, 0.15) is 35.1 Å². The topological polar surface area (TPSA) is 53.4 Å². The van der Waals surface area contributed by atoms with Crippen LogP contribution in [0, 0.1) is 24.2 Å². The van der Waals surface area contributed by atoms with Crippen LogP contribution in [0.5, 0.6) is 5.75 Å². The highest BCUT2D eigenvalue weighted by Crippen LogP contribution is 2.52. The van der Waals surface area contributed by atoms with Gasteiger partial charge in [0.1, 0.15) is 17.4 Å². The maximum atomic E-state index is 13.2. The zero-order valence-corrected chi connectivity index (χ0v) is 20.0. The number of carbonyl (C=O) groups is 1. The molecule has 0 bridgehead atoms. The van der Waals surface area contributed by atoms with Gasteiger partial charge in [-0.3, -0.25) is 10.2 Å². The molecule has 2 fully saturated rings. The van der Waals surface area contributed by atoms with Crippen molar-refractivity contribution in [1.29, 1.82) is 5.41 Å². The summed E-state index contributed by atoms with van der Waals surface area (Å²) in [5.41, 5.74) is 4.48. The molecule has 0 unspecified atom stereocenters. The number of hydrogen-bond donors (Lipinski definition) is 1. The van der Waals surface area contributed by atoms with E-state index in [0.29, 0.717) is 37.6 Å². The third-order valence-corrected chi connectivity index (χ3v) is 7.89. The molecule has 1 aliphatic carbocycles. The molecule has 4 heteroatoms. The van der Waals surface area contributed by atoms with Crippen LogP contribution >= 0.6 is 0 Å². The van der Waals surface area contributed by atoms with Crippen LogP contribution in [0.3, 0.4) is 0 Å². The molecule has 0 amide bonds. The van der Waals surface area contributed by atoms with E-state index in [-0.39, 0.29) is 17.3 Å². The Balaban J connectivity index is 1.49. The highest BCUT2D eigenvalue weighted by atomic mass is 16.5. The highest BCUT2D eigenvalue weighted by Gasteiger charge is 2.54. The number of ether oxygens (including phenoxy) is 1. The Bertz CT molecular complexity index is 1150. The SMILES string of the molecule is COc1cc(C)ccc1CC(=N)N1C[C@@H]2C(=O)CCC(c3ccccc3)(c3ccccc3)[C@@H]2C1. The second-order valence-corrected chi connectivity index (χ2v) is 9.73. The minimum Gasteiger partial charge on any atom is -0.496 e. The maximum absolute atomic E-state index is 13.2. The van der Waals surface area contributed by atoms with Crippen molar-refractivity contribution in [3.8, 4) is 5.75 Å².